The number of rotatable bonds is 13. The molecule has 0 fully saturated rings. The van der Waals surface area contributed by atoms with Crippen molar-refractivity contribution in [1.82, 2.24) is 0 Å². The van der Waals surface area contributed by atoms with Gasteiger partial charge < -0.3 is 5.11 Å². The van der Waals surface area contributed by atoms with Gasteiger partial charge in [-0.05, 0) is 12.8 Å². The van der Waals surface area contributed by atoms with Crippen LogP contribution in [0.2, 0.25) is 0 Å². The zero-order valence-corrected chi connectivity index (χ0v) is 11.8. The fourth-order valence-electron chi connectivity index (χ4n) is 1.79. The lowest BCUT2D eigenvalue weighted by molar-refractivity contribution is 0.261. The molecule has 0 atom stereocenters. The first-order valence-corrected chi connectivity index (χ1v) is 8.15. The molecule has 2 N–H and O–H groups in total. The van der Waals surface area contributed by atoms with Crippen molar-refractivity contribution in [1.29, 1.82) is 0 Å². The molecule has 0 rings (SSSR count). The first-order valence-electron chi connectivity index (χ1n) is 6.79. The Hall–Kier alpha value is -0.170. The van der Waals surface area contributed by atoms with Crippen molar-refractivity contribution in [2.45, 2.75) is 64.2 Å². The summed E-state index contributed by atoms with van der Waals surface area (Å²) < 4.78 is 33.0. The van der Waals surface area contributed by atoms with E-state index in [1.165, 1.54) is 25.7 Å². The molecule has 0 saturated carbocycles. The molecule has 0 spiro atoms. The molecule has 6 heteroatoms. The Kier molecular flexibility index (Phi) is 11.8. The number of hydrogen-bond donors (Lipinski definition) is 2. The molecule has 0 aliphatic rings. The van der Waals surface area contributed by atoms with Crippen molar-refractivity contribution < 1.29 is 22.3 Å². The van der Waals surface area contributed by atoms with E-state index in [2.05, 4.69) is 4.18 Å². The molecule has 0 radical (unpaired) electrons. The van der Waals surface area contributed by atoms with E-state index in [1.807, 2.05) is 0 Å². The van der Waals surface area contributed by atoms with Gasteiger partial charge in [0.1, 0.15) is 0 Å². The Bertz CT molecular complexity index is 264. The molecule has 110 valence electrons. The summed E-state index contributed by atoms with van der Waals surface area (Å²) in [7, 11) is -4.25. The summed E-state index contributed by atoms with van der Waals surface area (Å²) >= 11 is 0. The highest BCUT2D eigenvalue weighted by Crippen LogP contribution is 2.10. The quantitative estimate of drug-likeness (QED) is 0.401. The van der Waals surface area contributed by atoms with E-state index in [1.54, 1.807) is 0 Å². The van der Waals surface area contributed by atoms with Crippen molar-refractivity contribution in [3.05, 3.63) is 0 Å². The van der Waals surface area contributed by atoms with Crippen LogP contribution in [0.1, 0.15) is 64.2 Å². The Labute approximate surface area is 110 Å². The first kappa shape index (κ1) is 17.8. The van der Waals surface area contributed by atoms with Crippen LogP contribution in [-0.2, 0) is 14.6 Å². The molecule has 0 saturated heterocycles. The molecule has 0 aromatic carbocycles. The van der Waals surface area contributed by atoms with E-state index in [0.29, 0.717) is 13.0 Å². The van der Waals surface area contributed by atoms with Crippen molar-refractivity contribution in [2.24, 2.45) is 0 Å². The average Bonchev–Trinajstić information content (AvgIpc) is 2.29. The monoisotopic (exact) mass is 282 g/mol. The molecule has 0 aromatic rings. The van der Waals surface area contributed by atoms with Crippen LogP contribution in [-0.4, -0.2) is 31.3 Å². The average molecular weight is 282 g/mol. The minimum atomic E-state index is -4.25. The fourth-order valence-corrected chi connectivity index (χ4v) is 2.12. The summed E-state index contributed by atoms with van der Waals surface area (Å²) in [6.07, 6.45) is 10.7. The van der Waals surface area contributed by atoms with E-state index < -0.39 is 10.4 Å². The van der Waals surface area contributed by atoms with Gasteiger partial charge in [0.2, 0.25) is 0 Å². The highest BCUT2D eigenvalue weighted by atomic mass is 32.3. The van der Waals surface area contributed by atoms with Gasteiger partial charge in [-0.25, -0.2) is 4.18 Å². The van der Waals surface area contributed by atoms with Crippen molar-refractivity contribution >= 4 is 10.4 Å². The molecule has 0 unspecified atom stereocenters. The second kappa shape index (κ2) is 11.9. The number of aliphatic hydroxyl groups is 1. The van der Waals surface area contributed by atoms with Crippen LogP contribution in [0.5, 0.6) is 0 Å². The van der Waals surface area contributed by atoms with Gasteiger partial charge in [0.05, 0.1) is 6.61 Å². The van der Waals surface area contributed by atoms with Crippen LogP contribution in [0, 0.1) is 0 Å². The van der Waals surface area contributed by atoms with Crippen LogP contribution in [0.3, 0.4) is 0 Å². The summed E-state index contributed by atoms with van der Waals surface area (Å²) in [5.41, 5.74) is 0. The molecular formula is C12H26O5S. The molecule has 0 amide bonds. The molecule has 0 aliphatic carbocycles. The van der Waals surface area contributed by atoms with Crippen LogP contribution in [0.4, 0.5) is 0 Å². The summed E-state index contributed by atoms with van der Waals surface area (Å²) in [6.45, 7) is 0.367. The molecule has 0 aromatic heterocycles. The number of hydrogen-bond acceptors (Lipinski definition) is 4. The maximum absolute atomic E-state index is 10.2. The number of unbranched alkanes of at least 4 members (excludes halogenated alkanes) is 9. The topological polar surface area (TPSA) is 83.8 Å². The molecule has 0 aliphatic heterocycles. The van der Waals surface area contributed by atoms with Crippen LogP contribution >= 0.6 is 0 Å². The SMILES string of the molecule is O=S(=O)(O)OCCCCCCCCCCCCO. The highest BCUT2D eigenvalue weighted by molar-refractivity contribution is 7.80. The van der Waals surface area contributed by atoms with Gasteiger partial charge in [0, 0.05) is 6.61 Å². The third-order valence-corrected chi connectivity index (χ3v) is 3.25. The standard InChI is InChI=1S/C12H26O5S/c13-11-9-7-5-3-1-2-4-6-8-10-12-17-18(14,15)16/h13H,1-12H2,(H,14,15,16). The van der Waals surface area contributed by atoms with Gasteiger partial charge in [-0.15, -0.1) is 0 Å². The van der Waals surface area contributed by atoms with Crippen LogP contribution in [0.15, 0.2) is 0 Å². The zero-order valence-electron chi connectivity index (χ0n) is 11.0. The maximum Gasteiger partial charge on any atom is 0.397 e. The van der Waals surface area contributed by atoms with E-state index in [9.17, 15) is 8.42 Å². The van der Waals surface area contributed by atoms with Crippen molar-refractivity contribution in [3.63, 3.8) is 0 Å². The van der Waals surface area contributed by atoms with Crippen molar-refractivity contribution in [2.75, 3.05) is 13.2 Å². The molecular weight excluding hydrogens is 256 g/mol. The number of aliphatic hydroxyl groups excluding tert-OH is 1. The van der Waals surface area contributed by atoms with Gasteiger partial charge in [0.15, 0.2) is 0 Å². The largest absolute Gasteiger partial charge is 0.397 e. The lowest BCUT2D eigenvalue weighted by atomic mass is 10.1. The third-order valence-electron chi connectivity index (χ3n) is 2.78. The van der Waals surface area contributed by atoms with Crippen molar-refractivity contribution in [3.8, 4) is 0 Å². The fraction of sp³-hybridized carbons (Fsp3) is 1.00. The Morgan fingerprint density at radius 3 is 1.50 bits per heavy atom. The Morgan fingerprint density at radius 2 is 1.11 bits per heavy atom. The lowest BCUT2D eigenvalue weighted by Crippen LogP contribution is -2.04. The van der Waals surface area contributed by atoms with E-state index in [4.69, 9.17) is 9.66 Å². The summed E-state index contributed by atoms with van der Waals surface area (Å²) in [5.74, 6) is 0. The molecule has 18 heavy (non-hydrogen) atoms. The molecule has 0 heterocycles. The summed E-state index contributed by atoms with van der Waals surface area (Å²) in [5, 5.41) is 8.60. The van der Waals surface area contributed by atoms with Crippen LogP contribution < -0.4 is 0 Å². The Morgan fingerprint density at radius 1 is 0.722 bits per heavy atom. The van der Waals surface area contributed by atoms with Gasteiger partial charge in [-0.2, -0.15) is 8.42 Å². The van der Waals surface area contributed by atoms with Gasteiger partial charge in [0.25, 0.3) is 0 Å². The summed E-state index contributed by atoms with van der Waals surface area (Å²) in [4.78, 5) is 0. The molecule has 0 bridgehead atoms. The molecule has 5 nitrogen and oxygen atoms in total. The zero-order chi connectivity index (χ0) is 13.7. The maximum atomic E-state index is 10.2. The van der Waals surface area contributed by atoms with Gasteiger partial charge >= 0.3 is 10.4 Å². The summed E-state index contributed by atoms with van der Waals surface area (Å²) in [6, 6.07) is 0. The van der Waals surface area contributed by atoms with Crippen LogP contribution in [0.25, 0.3) is 0 Å². The highest BCUT2D eigenvalue weighted by Gasteiger charge is 2.02. The normalized spacial score (nSPS) is 11.9. The van der Waals surface area contributed by atoms with Gasteiger partial charge in [-0.3, -0.25) is 4.55 Å². The predicted molar refractivity (Wildman–Crippen MR) is 70.8 cm³/mol. The minimum Gasteiger partial charge on any atom is -0.396 e. The lowest BCUT2D eigenvalue weighted by Gasteiger charge is -2.02. The predicted octanol–water partition coefficient (Wildman–Crippen LogP) is 2.70. The van der Waals surface area contributed by atoms with E-state index in [-0.39, 0.29) is 6.61 Å². The van der Waals surface area contributed by atoms with E-state index in [0.717, 1.165) is 32.1 Å². The van der Waals surface area contributed by atoms with Gasteiger partial charge in [-0.1, -0.05) is 51.4 Å². The third kappa shape index (κ3) is 15.8. The second-order valence-corrected chi connectivity index (χ2v) is 5.60. The minimum absolute atomic E-state index is 0.0694. The van der Waals surface area contributed by atoms with E-state index >= 15 is 0 Å². The smallest absolute Gasteiger partial charge is 0.396 e. The first-order chi connectivity index (χ1) is 8.56. The Balaban J connectivity index is 3.03. The second-order valence-electron chi connectivity index (χ2n) is 4.51.